The van der Waals surface area contributed by atoms with Gasteiger partial charge in [-0.2, -0.15) is 0 Å². The quantitative estimate of drug-likeness (QED) is 0.744. The Bertz CT molecular complexity index is 390. The third kappa shape index (κ3) is 4.15. The van der Waals surface area contributed by atoms with Gasteiger partial charge in [0, 0.05) is 18.0 Å². The Labute approximate surface area is 110 Å². The number of carbonyl (C=O) groups is 1. The average molecular weight is 249 g/mol. The van der Waals surface area contributed by atoms with Crippen molar-refractivity contribution in [3.8, 4) is 5.75 Å². The van der Waals surface area contributed by atoms with E-state index < -0.39 is 0 Å². The Morgan fingerprint density at radius 1 is 1.39 bits per heavy atom. The van der Waals surface area contributed by atoms with Gasteiger partial charge < -0.3 is 4.74 Å². The van der Waals surface area contributed by atoms with Crippen LogP contribution in [0.1, 0.15) is 25.8 Å². The van der Waals surface area contributed by atoms with Crippen molar-refractivity contribution in [1.82, 2.24) is 4.90 Å². The molecule has 1 atom stereocenters. The summed E-state index contributed by atoms with van der Waals surface area (Å²) in [5.41, 5.74) is 1.11. The number of nitrogens with zero attached hydrogens (tertiary/aromatic N) is 1. The van der Waals surface area contributed by atoms with Crippen LogP contribution in [0.2, 0.25) is 0 Å². The van der Waals surface area contributed by atoms with Crippen LogP contribution in [0.3, 0.4) is 0 Å². The number of ketones is 1. The summed E-state index contributed by atoms with van der Waals surface area (Å²) in [7, 11) is 3.63. The normalized spacial score (nSPS) is 12.5. The van der Waals surface area contributed by atoms with E-state index in [2.05, 4.69) is 0 Å². The zero-order valence-corrected chi connectivity index (χ0v) is 11.8. The van der Waals surface area contributed by atoms with Crippen molar-refractivity contribution in [2.45, 2.75) is 26.8 Å². The molecule has 0 radical (unpaired) electrons. The van der Waals surface area contributed by atoms with Crippen molar-refractivity contribution in [2.75, 3.05) is 20.7 Å². The van der Waals surface area contributed by atoms with E-state index in [0.717, 1.165) is 24.3 Å². The van der Waals surface area contributed by atoms with Crippen LogP contribution in [0, 0.1) is 5.92 Å². The number of benzene rings is 1. The first-order valence-corrected chi connectivity index (χ1v) is 6.41. The van der Waals surface area contributed by atoms with Crippen molar-refractivity contribution in [1.29, 1.82) is 0 Å². The van der Waals surface area contributed by atoms with Gasteiger partial charge in [0.15, 0.2) is 0 Å². The molecule has 1 unspecified atom stereocenters. The molecule has 1 rings (SSSR count). The van der Waals surface area contributed by atoms with E-state index >= 15 is 0 Å². The second-order valence-corrected chi connectivity index (χ2v) is 4.76. The molecule has 0 aliphatic heterocycles. The van der Waals surface area contributed by atoms with E-state index in [1.54, 1.807) is 7.11 Å². The Hall–Kier alpha value is -1.35. The van der Waals surface area contributed by atoms with E-state index in [4.69, 9.17) is 4.74 Å². The van der Waals surface area contributed by atoms with Crippen molar-refractivity contribution < 1.29 is 9.53 Å². The molecule has 1 aromatic carbocycles. The molecule has 0 saturated carbocycles. The van der Waals surface area contributed by atoms with Crippen LogP contribution in [0.25, 0.3) is 0 Å². The second kappa shape index (κ2) is 7.17. The second-order valence-electron chi connectivity index (χ2n) is 4.76. The van der Waals surface area contributed by atoms with Gasteiger partial charge in [0.1, 0.15) is 11.5 Å². The van der Waals surface area contributed by atoms with Gasteiger partial charge in [0.2, 0.25) is 0 Å². The minimum Gasteiger partial charge on any atom is -0.496 e. The summed E-state index contributed by atoms with van der Waals surface area (Å²) < 4.78 is 5.31. The fourth-order valence-corrected chi connectivity index (χ4v) is 1.83. The number of hydrogen-bond donors (Lipinski definition) is 0. The van der Waals surface area contributed by atoms with Crippen LogP contribution in [0.5, 0.6) is 5.75 Å². The molecule has 0 heterocycles. The fraction of sp³-hybridized carbons (Fsp3) is 0.533. The molecule has 0 amide bonds. The highest BCUT2D eigenvalue weighted by Gasteiger charge is 2.14. The first-order chi connectivity index (χ1) is 8.58. The van der Waals surface area contributed by atoms with E-state index in [1.807, 2.05) is 50.1 Å². The maximum absolute atomic E-state index is 11.9. The van der Waals surface area contributed by atoms with Crippen molar-refractivity contribution in [3.05, 3.63) is 29.8 Å². The zero-order chi connectivity index (χ0) is 13.5. The van der Waals surface area contributed by atoms with E-state index in [0.29, 0.717) is 12.3 Å². The number of ether oxygens (including phenoxy) is 1. The summed E-state index contributed by atoms with van der Waals surface area (Å²) >= 11 is 0. The van der Waals surface area contributed by atoms with Gasteiger partial charge in [-0.05, 0) is 19.5 Å². The molecule has 18 heavy (non-hydrogen) atoms. The molecule has 0 aliphatic rings. The number of carbonyl (C=O) groups excluding carboxylic acids is 1. The minimum absolute atomic E-state index is 0.144. The number of rotatable bonds is 7. The van der Waals surface area contributed by atoms with Gasteiger partial charge in [-0.25, -0.2) is 0 Å². The monoisotopic (exact) mass is 249 g/mol. The average Bonchev–Trinajstić information content (AvgIpc) is 2.38. The van der Waals surface area contributed by atoms with E-state index in [9.17, 15) is 4.79 Å². The number of Topliss-reactive ketones (excluding diaryl/α,β-unsaturated/α-hetero) is 1. The van der Waals surface area contributed by atoms with Crippen molar-refractivity contribution in [3.63, 3.8) is 0 Å². The summed E-state index contributed by atoms with van der Waals surface area (Å²) in [6, 6.07) is 7.91. The van der Waals surface area contributed by atoms with Gasteiger partial charge in [-0.3, -0.25) is 9.69 Å². The van der Waals surface area contributed by atoms with Crippen LogP contribution in [-0.2, 0) is 11.3 Å². The molecule has 0 aromatic heterocycles. The Morgan fingerprint density at radius 2 is 2.06 bits per heavy atom. The largest absolute Gasteiger partial charge is 0.496 e. The smallest absolute Gasteiger partial charge is 0.149 e. The Morgan fingerprint density at radius 3 is 2.67 bits per heavy atom. The van der Waals surface area contributed by atoms with Crippen LogP contribution in [0.4, 0.5) is 0 Å². The number of likely N-dealkylation sites (N-methyl/N-ethyl adjacent to an activating group) is 1. The van der Waals surface area contributed by atoms with Gasteiger partial charge in [0.05, 0.1) is 13.7 Å². The molecule has 0 bridgehead atoms. The lowest BCUT2D eigenvalue weighted by Gasteiger charge is -2.19. The summed E-state index contributed by atoms with van der Waals surface area (Å²) in [5.74, 6) is 1.32. The molecule has 0 fully saturated rings. The topological polar surface area (TPSA) is 29.5 Å². The van der Waals surface area contributed by atoms with Crippen molar-refractivity contribution >= 4 is 5.78 Å². The SMILES string of the molecule is CCC(C)C(=O)CN(C)Cc1ccccc1OC. The summed E-state index contributed by atoms with van der Waals surface area (Å²) in [5, 5.41) is 0. The number of methoxy groups -OCH3 is 1. The molecule has 100 valence electrons. The van der Waals surface area contributed by atoms with Crippen LogP contribution in [0.15, 0.2) is 24.3 Å². The molecular formula is C15H23NO2. The van der Waals surface area contributed by atoms with Crippen LogP contribution in [-0.4, -0.2) is 31.4 Å². The Balaban J connectivity index is 2.59. The highest BCUT2D eigenvalue weighted by atomic mass is 16.5. The lowest BCUT2D eigenvalue weighted by molar-refractivity contribution is -0.123. The number of para-hydroxylation sites is 1. The molecule has 3 nitrogen and oxygen atoms in total. The lowest BCUT2D eigenvalue weighted by atomic mass is 10.0. The predicted octanol–water partition coefficient (Wildman–Crippen LogP) is 2.74. The van der Waals surface area contributed by atoms with Gasteiger partial charge in [0.25, 0.3) is 0 Å². The van der Waals surface area contributed by atoms with Gasteiger partial charge in [-0.1, -0.05) is 32.0 Å². The highest BCUT2D eigenvalue weighted by Crippen LogP contribution is 2.18. The number of hydrogen-bond acceptors (Lipinski definition) is 3. The summed E-state index contributed by atoms with van der Waals surface area (Å²) in [6.07, 6.45) is 0.904. The highest BCUT2D eigenvalue weighted by molar-refractivity contribution is 5.82. The predicted molar refractivity (Wildman–Crippen MR) is 73.8 cm³/mol. The zero-order valence-electron chi connectivity index (χ0n) is 11.8. The third-order valence-electron chi connectivity index (χ3n) is 3.22. The first-order valence-electron chi connectivity index (χ1n) is 6.41. The van der Waals surface area contributed by atoms with Gasteiger partial charge in [-0.15, -0.1) is 0 Å². The molecule has 0 saturated heterocycles. The molecule has 1 aromatic rings. The molecular weight excluding hydrogens is 226 g/mol. The minimum atomic E-state index is 0.144. The van der Waals surface area contributed by atoms with Crippen LogP contribution >= 0.6 is 0 Å². The molecule has 3 heteroatoms. The maximum Gasteiger partial charge on any atom is 0.149 e. The third-order valence-corrected chi connectivity index (χ3v) is 3.22. The fourth-order valence-electron chi connectivity index (χ4n) is 1.83. The molecule has 0 N–H and O–H groups in total. The van der Waals surface area contributed by atoms with Crippen LogP contribution < -0.4 is 4.74 Å². The lowest BCUT2D eigenvalue weighted by Crippen LogP contribution is -2.29. The van der Waals surface area contributed by atoms with E-state index in [-0.39, 0.29) is 5.92 Å². The van der Waals surface area contributed by atoms with Gasteiger partial charge >= 0.3 is 0 Å². The first kappa shape index (κ1) is 14.7. The summed E-state index contributed by atoms with van der Waals surface area (Å²) in [4.78, 5) is 13.9. The molecule has 0 aliphatic carbocycles. The molecule has 0 spiro atoms. The van der Waals surface area contributed by atoms with Crippen molar-refractivity contribution in [2.24, 2.45) is 5.92 Å². The summed E-state index contributed by atoms with van der Waals surface area (Å²) in [6.45, 7) is 5.25. The van der Waals surface area contributed by atoms with E-state index in [1.165, 1.54) is 0 Å². The maximum atomic E-state index is 11.9. The standard InChI is InChI=1S/C15H23NO2/c1-5-12(2)14(17)11-16(3)10-13-8-6-7-9-15(13)18-4/h6-9,12H,5,10-11H2,1-4H3. The Kier molecular flexibility index (Phi) is 5.86.